The summed E-state index contributed by atoms with van der Waals surface area (Å²) in [6.45, 7) is 12.8. The van der Waals surface area contributed by atoms with Crippen LogP contribution in [-0.2, 0) is 16.1 Å². The van der Waals surface area contributed by atoms with Crippen molar-refractivity contribution in [2.24, 2.45) is 17.8 Å². The summed E-state index contributed by atoms with van der Waals surface area (Å²) in [5, 5.41) is 0. The Bertz CT molecular complexity index is 507. The number of amides is 1. The first kappa shape index (κ1) is 19.0. The van der Waals surface area contributed by atoms with Crippen LogP contribution >= 0.6 is 0 Å². The predicted molar refractivity (Wildman–Crippen MR) is 95.5 cm³/mol. The van der Waals surface area contributed by atoms with E-state index in [0.717, 1.165) is 38.2 Å². The molecule has 1 aromatic rings. The van der Waals surface area contributed by atoms with Crippen molar-refractivity contribution in [1.82, 2.24) is 4.90 Å². The van der Waals surface area contributed by atoms with Crippen molar-refractivity contribution < 1.29 is 13.9 Å². The number of hydrogen-bond donors (Lipinski definition) is 0. The smallest absolute Gasteiger partial charge is 0.219 e. The molecule has 1 aliphatic heterocycles. The lowest BCUT2D eigenvalue weighted by Gasteiger charge is -2.41. The van der Waals surface area contributed by atoms with Crippen LogP contribution in [0.5, 0.6) is 0 Å². The van der Waals surface area contributed by atoms with E-state index >= 15 is 0 Å². The van der Waals surface area contributed by atoms with Gasteiger partial charge in [0.05, 0.1) is 18.4 Å². The molecule has 136 valence electrons. The van der Waals surface area contributed by atoms with E-state index in [4.69, 9.17) is 9.15 Å². The fraction of sp³-hybridized carbons (Fsp3) is 0.750. The maximum absolute atomic E-state index is 12.0. The van der Waals surface area contributed by atoms with Gasteiger partial charge in [0.15, 0.2) is 0 Å². The molecule has 2 unspecified atom stereocenters. The molecule has 4 nitrogen and oxygen atoms in total. The van der Waals surface area contributed by atoms with Gasteiger partial charge in [0.25, 0.3) is 0 Å². The van der Waals surface area contributed by atoms with Crippen LogP contribution in [0.4, 0.5) is 0 Å². The SMILES string of the molecule is CC(=O)N(CCC(C(C)C)C1CCOC(C)(C)C1)Cc1ccco1. The Morgan fingerprint density at radius 2 is 2.17 bits per heavy atom. The maximum Gasteiger partial charge on any atom is 0.219 e. The van der Waals surface area contributed by atoms with Crippen molar-refractivity contribution >= 4 is 5.91 Å². The maximum atomic E-state index is 12.0. The number of carbonyl (C=O) groups excluding carboxylic acids is 1. The molecule has 1 aromatic heterocycles. The van der Waals surface area contributed by atoms with Crippen molar-refractivity contribution in [3.05, 3.63) is 24.2 Å². The normalized spacial score (nSPS) is 21.7. The standard InChI is InChI=1S/C20H33NO3/c1-15(2)19(17-9-12-24-20(4,5)13-17)8-10-21(16(3)22)14-18-7-6-11-23-18/h6-7,11,15,17,19H,8-10,12-14H2,1-5H3. The molecule has 24 heavy (non-hydrogen) atoms. The topological polar surface area (TPSA) is 42.7 Å². The second kappa shape index (κ2) is 8.19. The van der Waals surface area contributed by atoms with Gasteiger partial charge in [0.2, 0.25) is 5.91 Å². The van der Waals surface area contributed by atoms with Crippen molar-refractivity contribution in [3.8, 4) is 0 Å². The fourth-order valence-electron chi connectivity index (χ4n) is 4.00. The molecule has 0 bridgehead atoms. The summed E-state index contributed by atoms with van der Waals surface area (Å²) in [7, 11) is 0. The van der Waals surface area contributed by atoms with Gasteiger partial charge in [-0.1, -0.05) is 13.8 Å². The quantitative estimate of drug-likeness (QED) is 0.737. The van der Waals surface area contributed by atoms with Gasteiger partial charge >= 0.3 is 0 Å². The number of carbonyl (C=O) groups is 1. The Balaban J connectivity index is 1.97. The van der Waals surface area contributed by atoms with Gasteiger partial charge in [-0.25, -0.2) is 0 Å². The predicted octanol–water partition coefficient (Wildman–Crippen LogP) is 4.50. The molecule has 2 rings (SSSR count). The second-order valence-corrected chi connectivity index (χ2v) is 8.08. The number of rotatable bonds is 7. The second-order valence-electron chi connectivity index (χ2n) is 8.08. The monoisotopic (exact) mass is 335 g/mol. The molecule has 2 atom stereocenters. The summed E-state index contributed by atoms with van der Waals surface area (Å²) in [6, 6.07) is 3.80. The molecule has 1 saturated heterocycles. The molecule has 0 aromatic carbocycles. The number of nitrogens with zero attached hydrogens (tertiary/aromatic N) is 1. The minimum Gasteiger partial charge on any atom is -0.467 e. The zero-order chi connectivity index (χ0) is 17.7. The van der Waals surface area contributed by atoms with Crippen LogP contribution < -0.4 is 0 Å². The van der Waals surface area contributed by atoms with Crippen LogP contribution in [0.2, 0.25) is 0 Å². The van der Waals surface area contributed by atoms with Crippen LogP contribution in [0.15, 0.2) is 22.8 Å². The summed E-state index contributed by atoms with van der Waals surface area (Å²) in [5.74, 6) is 2.86. The van der Waals surface area contributed by atoms with E-state index < -0.39 is 0 Å². The lowest BCUT2D eigenvalue weighted by molar-refractivity contribution is -0.130. The zero-order valence-corrected chi connectivity index (χ0v) is 15.9. The summed E-state index contributed by atoms with van der Waals surface area (Å²) >= 11 is 0. The highest BCUT2D eigenvalue weighted by Crippen LogP contribution is 2.38. The Morgan fingerprint density at radius 3 is 2.71 bits per heavy atom. The highest BCUT2D eigenvalue weighted by molar-refractivity contribution is 5.73. The van der Waals surface area contributed by atoms with Gasteiger partial charge < -0.3 is 14.1 Å². The minimum absolute atomic E-state index is 0.0233. The summed E-state index contributed by atoms with van der Waals surface area (Å²) in [4.78, 5) is 13.9. The lowest BCUT2D eigenvalue weighted by Crippen LogP contribution is -2.39. The Hall–Kier alpha value is -1.29. The van der Waals surface area contributed by atoms with Gasteiger partial charge in [-0.15, -0.1) is 0 Å². The number of ether oxygens (including phenoxy) is 1. The first-order valence-corrected chi connectivity index (χ1v) is 9.20. The summed E-state index contributed by atoms with van der Waals surface area (Å²) in [5.41, 5.74) is -0.0233. The van der Waals surface area contributed by atoms with Crippen LogP contribution in [0.1, 0.15) is 59.6 Å². The molecule has 2 heterocycles. The Labute approximate surface area is 146 Å². The van der Waals surface area contributed by atoms with E-state index in [1.807, 2.05) is 17.0 Å². The average molecular weight is 335 g/mol. The average Bonchev–Trinajstić information content (AvgIpc) is 2.97. The van der Waals surface area contributed by atoms with Gasteiger partial charge in [-0.05, 0) is 63.0 Å². The van der Waals surface area contributed by atoms with E-state index in [2.05, 4.69) is 27.7 Å². The van der Waals surface area contributed by atoms with E-state index in [0.29, 0.717) is 24.3 Å². The largest absolute Gasteiger partial charge is 0.467 e. The van der Waals surface area contributed by atoms with Gasteiger partial charge in [-0.3, -0.25) is 4.79 Å². The summed E-state index contributed by atoms with van der Waals surface area (Å²) in [6.07, 6.45) is 4.94. The van der Waals surface area contributed by atoms with E-state index in [1.165, 1.54) is 0 Å². The molecule has 4 heteroatoms. The molecule has 0 aliphatic carbocycles. The molecule has 1 fully saturated rings. The van der Waals surface area contributed by atoms with Crippen LogP contribution in [0.3, 0.4) is 0 Å². The van der Waals surface area contributed by atoms with Gasteiger partial charge in [-0.2, -0.15) is 0 Å². The molecule has 0 radical (unpaired) electrons. The van der Waals surface area contributed by atoms with Gasteiger partial charge in [0.1, 0.15) is 5.76 Å². The molecule has 1 amide bonds. The molecule has 0 N–H and O–H groups in total. The van der Waals surface area contributed by atoms with Crippen LogP contribution in [0.25, 0.3) is 0 Å². The molecular formula is C20H33NO3. The molecule has 0 saturated carbocycles. The molecule has 0 spiro atoms. The lowest BCUT2D eigenvalue weighted by atomic mass is 9.73. The van der Waals surface area contributed by atoms with Crippen molar-refractivity contribution in [2.45, 2.75) is 66.0 Å². The third-order valence-corrected chi connectivity index (χ3v) is 5.30. The highest BCUT2D eigenvalue weighted by atomic mass is 16.5. The molecule has 1 aliphatic rings. The van der Waals surface area contributed by atoms with Crippen molar-refractivity contribution in [3.63, 3.8) is 0 Å². The number of furan rings is 1. The minimum atomic E-state index is -0.0233. The van der Waals surface area contributed by atoms with Gasteiger partial charge in [0, 0.05) is 20.1 Å². The zero-order valence-electron chi connectivity index (χ0n) is 15.9. The first-order chi connectivity index (χ1) is 11.3. The van der Waals surface area contributed by atoms with Crippen molar-refractivity contribution in [1.29, 1.82) is 0 Å². The number of hydrogen-bond acceptors (Lipinski definition) is 3. The third-order valence-electron chi connectivity index (χ3n) is 5.30. The Morgan fingerprint density at radius 1 is 1.42 bits per heavy atom. The summed E-state index contributed by atoms with van der Waals surface area (Å²) < 4.78 is 11.3. The van der Waals surface area contributed by atoms with E-state index in [9.17, 15) is 4.79 Å². The fourth-order valence-corrected chi connectivity index (χ4v) is 4.00. The van der Waals surface area contributed by atoms with E-state index in [-0.39, 0.29) is 11.5 Å². The van der Waals surface area contributed by atoms with Crippen LogP contribution in [0, 0.1) is 17.8 Å². The van der Waals surface area contributed by atoms with E-state index in [1.54, 1.807) is 13.2 Å². The highest BCUT2D eigenvalue weighted by Gasteiger charge is 2.34. The first-order valence-electron chi connectivity index (χ1n) is 9.20. The molecular weight excluding hydrogens is 302 g/mol. The Kier molecular flexibility index (Phi) is 6.50. The van der Waals surface area contributed by atoms with Crippen molar-refractivity contribution in [2.75, 3.05) is 13.2 Å². The van der Waals surface area contributed by atoms with Crippen LogP contribution in [-0.4, -0.2) is 29.6 Å². The third kappa shape index (κ3) is 5.37.